The number of hydrogen-bond donors (Lipinski definition) is 1. The van der Waals surface area contributed by atoms with E-state index in [0.29, 0.717) is 0 Å². The summed E-state index contributed by atoms with van der Waals surface area (Å²) < 4.78 is 0.914. The van der Waals surface area contributed by atoms with Crippen LogP contribution in [0.25, 0.3) is 0 Å². The van der Waals surface area contributed by atoms with Crippen LogP contribution in [0.1, 0.15) is 50.7 Å². The first-order valence-electron chi connectivity index (χ1n) is 8.83. The van der Waals surface area contributed by atoms with Gasteiger partial charge in [0.1, 0.15) is 0 Å². The Bertz CT molecular complexity index is 539. The summed E-state index contributed by atoms with van der Waals surface area (Å²) in [4.78, 5) is 12.9. The summed E-state index contributed by atoms with van der Waals surface area (Å²) >= 11 is 6.09. The number of nitrogens with zero attached hydrogens (tertiary/aromatic N) is 1. The lowest BCUT2D eigenvalue weighted by Crippen LogP contribution is -2.59. The second-order valence-corrected chi connectivity index (χ2v) is 7.41. The molecule has 128 valence electrons. The fourth-order valence-corrected chi connectivity index (χ4v) is 4.21. The Morgan fingerprint density at radius 3 is 2.17 bits per heavy atom. The highest BCUT2D eigenvalue weighted by Crippen LogP contribution is 2.27. The average Bonchev–Trinajstić information content (AvgIpc) is 2.76. The molecule has 1 aliphatic heterocycles. The van der Waals surface area contributed by atoms with Crippen LogP contribution in [0.4, 0.5) is 5.69 Å². The summed E-state index contributed by atoms with van der Waals surface area (Å²) in [5.74, 6) is 0.127. The predicted molar refractivity (Wildman–Crippen MR) is 98.0 cm³/mol. The molecule has 1 N–H and O–H groups in total. The minimum Gasteiger partial charge on any atom is -0.320 e. The van der Waals surface area contributed by atoms with Crippen molar-refractivity contribution in [3.8, 4) is 0 Å². The molecule has 0 bridgehead atoms. The van der Waals surface area contributed by atoms with E-state index in [1.165, 1.54) is 25.7 Å². The molecule has 2 rings (SSSR count). The van der Waals surface area contributed by atoms with E-state index in [4.69, 9.17) is 11.6 Å². The molecule has 1 heterocycles. The molecular weight excluding hydrogens is 308 g/mol. The number of rotatable bonds is 4. The van der Waals surface area contributed by atoms with E-state index in [9.17, 15) is 4.79 Å². The van der Waals surface area contributed by atoms with Crippen LogP contribution in [0.2, 0.25) is 5.02 Å². The van der Waals surface area contributed by atoms with E-state index in [1.807, 2.05) is 26.0 Å². The molecule has 1 saturated heterocycles. The molecule has 0 aliphatic carbocycles. The fourth-order valence-electron chi connectivity index (χ4n) is 3.88. The topological polar surface area (TPSA) is 29.1 Å². The summed E-state index contributed by atoms with van der Waals surface area (Å²) in [5, 5.41) is 3.89. The standard InChI is InChI=1S/C19H29ClN2O/c1-5-22(10-8-6-7-9-11-22)16(4)19(23)21-18-14(2)12-17(20)13-15(18)3/h12-13,16H,5-11H2,1-4H3/p+1. The van der Waals surface area contributed by atoms with Gasteiger partial charge in [0.15, 0.2) is 6.04 Å². The van der Waals surface area contributed by atoms with Crippen LogP contribution in [-0.2, 0) is 4.79 Å². The zero-order valence-corrected chi connectivity index (χ0v) is 15.7. The normalized spacial score (nSPS) is 19.0. The van der Waals surface area contributed by atoms with Crippen LogP contribution in [-0.4, -0.2) is 36.1 Å². The molecule has 0 spiro atoms. The summed E-state index contributed by atoms with van der Waals surface area (Å²) in [7, 11) is 0. The third-order valence-electron chi connectivity index (χ3n) is 5.53. The lowest BCUT2D eigenvalue weighted by molar-refractivity contribution is -0.938. The van der Waals surface area contributed by atoms with Crippen molar-refractivity contribution in [3.05, 3.63) is 28.3 Å². The van der Waals surface area contributed by atoms with E-state index in [1.54, 1.807) is 0 Å². The van der Waals surface area contributed by atoms with E-state index >= 15 is 0 Å². The van der Waals surface area contributed by atoms with Gasteiger partial charge in [0, 0.05) is 10.7 Å². The number of carbonyl (C=O) groups excluding carboxylic acids is 1. The van der Waals surface area contributed by atoms with Gasteiger partial charge in [-0.1, -0.05) is 11.6 Å². The molecule has 1 unspecified atom stereocenters. The Balaban J connectivity index is 2.19. The fraction of sp³-hybridized carbons (Fsp3) is 0.632. The molecule has 3 nitrogen and oxygen atoms in total. The van der Waals surface area contributed by atoms with Crippen LogP contribution in [0.15, 0.2) is 12.1 Å². The Hall–Kier alpha value is -1.06. The molecule has 1 aromatic rings. The molecule has 0 radical (unpaired) electrons. The third kappa shape index (κ3) is 4.07. The number of anilines is 1. The van der Waals surface area contributed by atoms with Gasteiger partial charge in [-0.25, -0.2) is 0 Å². The lowest BCUT2D eigenvalue weighted by atomic mass is 10.1. The van der Waals surface area contributed by atoms with E-state index in [0.717, 1.165) is 46.0 Å². The van der Waals surface area contributed by atoms with Gasteiger partial charge in [0.25, 0.3) is 5.91 Å². The highest BCUT2D eigenvalue weighted by atomic mass is 35.5. The predicted octanol–water partition coefficient (Wildman–Crippen LogP) is 4.69. The first kappa shape index (κ1) is 18.3. The number of aryl methyl sites for hydroxylation is 2. The van der Waals surface area contributed by atoms with Gasteiger partial charge in [0.2, 0.25) is 0 Å². The number of amides is 1. The van der Waals surface area contributed by atoms with Gasteiger partial charge >= 0.3 is 0 Å². The van der Waals surface area contributed by atoms with Crippen molar-refractivity contribution < 1.29 is 9.28 Å². The van der Waals surface area contributed by atoms with Crippen LogP contribution in [0.3, 0.4) is 0 Å². The highest BCUT2D eigenvalue weighted by Gasteiger charge is 2.37. The van der Waals surface area contributed by atoms with Gasteiger partial charge in [-0.05, 0) is 76.6 Å². The first-order valence-corrected chi connectivity index (χ1v) is 9.21. The van der Waals surface area contributed by atoms with Crippen LogP contribution >= 0.6 is 11.6 Å². The number of likely N-dealkylation sites (tertiary alicyclic amines) is 1. The van der Waals surface area contributed by atoms with E-state index < -0.39 is 0 Å². The Labute approximate surface area is 145 Å². The van der Waals surface area contributed by atoms with Crippen molar-refractivity contribution in [3.63, 3.8) is 0 Å². The van der Waals surface area contributed by atoms with Crippen molar-refractivity contribution >= 4 is 23.2 Å². The van der Waals surface area contributed by atoms with Gasteiger partial charge in [-0.3, -0.25) is 4.79 Å². The summed E-state index contributed by atoms with van der Waals surface area (Å²) in [6.07, 6.45) is 5.04. The maximum Gasteiger partial charge on any atom is 0.282 e. The molecule has 1 aromatic carbocycles. The summed E-state index contributed by atoms with van der Waals surface area (Å²) in [6, 6.07) is 3.79. The van der Waals surface area contributed by atoms with E-state index in [-0.39, 0.29) is 11.9 Å². The zero-order chi connectivity index (χ0) is 17.0. The quantitative estimate of drug-likeness (QED) is 0.793. The smallest absolute Gasteiger partial charge is 0.282 e. The number of hydrogen-bond acceptors (Lipinski definition) is 1. The highest BCUT2D eigenvalue weighted by molar-refractivity contribution is 6.30. The van der Waals surface area contributed by atoms with Gasteiger partial charge in [-0.15, -0.1) is 0 Å². The third-order valence-corrected chi connectivity index (χ3v) is 5.75. The molecule has 0 aromatic heterocycles. The number of carbonyl (C=O) groups is 1. The van der Waals surface area contributed by atoms with Crippen LogP contribution in [0.5, 0.6) is 0 Å². The summed E-state index contributed by atoms with van der Waals surface area (Å²) in [5.41, 5.74) is 2.96. The lowest BCUT2D eigenvalue weighted by Gasteiger charge is -2.41. The van der Waals surface area contributed by atoms with Crippen molar-refractivity contribution in [1.29, 1.82) is 0 Å². The molecule has 23 heavy (non-hydrogen) atoms. The van der Waals surface area contributed by atoms with Gasteiger partial charge < -0.3 is 9.80 Å². The van der Waals surface area contributed by atoms with Crippen LogP contribution < -0.4 is 5.32 Å². The maximum absolute atomic E-state index is 12.9. The van der Waals surface area contributed by atoms with Crippen molar-refractivity contribution in [2.75, 3.05) is 25.0 Å². The van der Waals surface area contributed by atoms with E-state index in [2.05, 4.69) is 19.2 Å². The SMILES string of the molecule is CC[N+]1(C(C)C(=O)Nc2c(C)cc(Cl)cc2C)CCCCCC1. The van der Waals surface area contributed by atoms with Crippen LogP contribution in [0, 0.1) is 13.8 Å². The maximum atomic E-state index is 12.9. The number of halogens is 1. The summed E-state index contributed by atoms with van der Waals surface area (Å²) in [6.45, 7) is 11.5. The molecule has 1 amide bonds. The minimum absolute atomic E-state index is 0.0208. The zero-order valence-electron chi connectivity index (χ0n) is 14.9. The Kier molecular flexibility index (Phi) is 6.10. The monoisotopic (exact) mass is 337 g/mol. The Morgan fingerprint density at radius 1 is 1.17 bits per heavy atom. The minimum atomic E-state index is -0.0208. The number of likely N-dealkylation sites (N-methyl/N-ethyl adjacent to an activating group) is 1. The molecule has 1 atom stereocenters. The second-order valence-electron chi connectivity index (χ2n) is 6.98. The molecule has 4 heteroatoms. The molecular formula is C19H30ClN2O+. The molecule has 1 aliphatic rings. The average molecular weight is 338 g/mol. The van der Waals surface area contributed by atoms with Gasteiger partial charge in [0.05, 0.1) is 19.6 Å². The molecule has 0 saturated carbocycles. The molecule has 1 fully saturated rings. The number of benzene rings is 1. The van der Waals surface area contributed by atoms with Crippen molar-refractivity contribution in [2.45, 2.75) is 59.4 Å². The second kappa shape index (κ2) is 7.67. The number of quaternary nitrogens is 1. The van der Waals surface area contributed by atoms with Crippen molar-refractivity contribution in [2.24, 2.45) is 0 Å². The van der Waals surface area contributed by atoms with Gasteiger partial charge in [-0.2, -0.15) is 0 Å². The first-order chi connectivity index (χ1) is 10.9. The Morgan fingerprint density at radius 2 is 1.70 bits per heavy atom. The van der Waals surface area contributed by atoms with Crippen molar-refractivity contribution in [1.82, 2.24) is 0 Å². The number of nitrogens with one attached hydrogen (secondary N) is 1. The largest absolute Gasteiger partial charge is 0.320 e.